The zero-order valence-electron chi connectivity index (χ0n) is 10.1. The van der Waals surface area contributed by atoms with Gasteiger partial charge >= 0.3 is 0 Å². The highest BCUT2D eigenvalue weighted by atomic mass is 16.1. The molecule has 1 aromatic heterocycles. The average Bonchev–Trinajstić information content (AvgIpc) is 2.68. The van der Waals surface area contributed by atoms with E-state index in [0.29, 0.717) is 0 Å². The summed E-state index contributed by atoms with van der Waals surface area (Å²) in [6.45, 7) is 3.02. The fraction of sp³-hybridized carbons (Fsp3) is 0.538. The molecule has 0 bridgehead atoms. The lowest BCUT2D eigenvalue weighted by molar-refractivity contribution is -0.107. The highest BCUT2D eigenvalue weighted by Gasteiger charge is 2.44. The summed E-state index contributed by atoms with van der Waals surface area (Å²) >= 11 is 0. The van der Waals surface area contributed by atoms with Gasteiger partial charge in [-0.25, -0.2) is 0 Å². The van der Waals surface area contributed by atoms with Crippen LogP contribution in [0, 0.1) is 0 Å². The number of carbonyl (C=O) groups excluding carboxylic acids is 1. The largest absolute Gasteiger partial charge is 0.314 e. The van der Waals surface area contributed by atoms with Crippen molar-refractivity contribution in [2.75, 3.05) is 31.6 Å². The van der Waals surface area contributed by atoms with E-state index in [1.54, 1.807) is 6.20 Å². The van der Waals surface area contributed by atoms with Gasteiger partial charge in [0, 0.05) is 29.9 Å². The first-order valence-corrected chi connectivity index (χ1v) is 6.10. The molecular weight excluding hydrogens is 214 g/mol. The molecule has 0 aliphatic carbocycles. The van der Waals surface area contributed by atoms with Gasteiger partial charge in [-0.05, 0) is 39.0 Å². The SMILES string of the molecule is CN1CCC2(CC1)CN(C=O)c1ccncc12. The van der Waals surface area contributed by atoms with Crippen LogP contribution in [0.25, 0.3) is 0 Å². The Morgan fingerprint density at radius 1 is 1.41 bits per heavy atom. The van der Waals surface area contributed by atoms with Crippen molar-refractivity contribution in [2.45, 2.75) is 18.3 Å². The molecule has 4 nitrogen and oxygen atoms in total. The molecule has 3 rings (SSSR count). The zero-order valence-corrected chi connectivity index (χ0v) is 10.1. The molecule has 1 aromatic rings. The van der Waals surface area contributed by atoms with Gasteiger partial charge in [-0.2, -0.15) is 0 Å². The van der Waals surface area contributed by atoms with E-state index in [1.807, 2.05) is 17.2 Å². The summed E-state index contributed by atoms with van der Waals surface area (Å²) in [5, 5.41) is 0. The highest BCUT2D eigenvalue weighted by molar-refractivity contribution is 5.81. The number of pyridine rings is 1. The summed E-state index contributed by atoms with van der Waals surface area (Å²) in [7, 11) is 2.16. The number of piperidine rings is 1. The van der Waals surface area contributed by atoms with Crippen molar-refractivity contribution < 1.29 is 4.79 Å². The fourth-order valence-corrected chi connectivity index (χ4v) is 3.11. The first-order chi connectivity index (χ1) is 8.25. The van der Waals surface area contributed by atoms with Crippen LogP contribution in [0.2, 0.25) is 0 Å². The molecule has 2 aliphatic heterocycles. The lowest BCUT2D eigenvalue weighted by atomic mass is 9.75. The second-order valence-electron chi connectivity index (χ2n) is 5.21. The van der Waals surface area contributed by atoms with Crippen molar-refractivity contribution >= 4 is 12.1 Å². The number of amides is 1. The van der Waals surface area contributed by atoms with Crippen LogP contribution in [-0.2, 0) is 10.2 Å². The van der Waals surface area contributed by atoms with Crippen molar-refractivity contribution in [3.05, 3.63) is 24.0 Å². The van der Waals surface area contributed by atoms with Crippen molar-refractivity contribution in [3.63, 3.8) is 0 Å². The average molecular weight is 231 g/mol. The molecule has 90 valence electrons. The maximum absolute atomic E-state index is 11.2. The lowest BCUT2D eigenvalue weighted by Gasteiger charge is -2.37. The molecule has 1 fully saturated rings. The number of hydrogen-bond donors (Lipinski definition) is 0. The van der Waals surface area contributed by atoms with E-state index in [0.717, 1.165) is 44.6 Å². The van der Waals surface area contributed by atoms with Crippen LogP contribution < -0.4 is 4.90 Å². The Morgan fingerprint density at radius 3 is 2.88 bits per heavy atom. The predicted octanol–water partition coefficient (Wildman–Crippen LogP) is 1.02. The Morgan fingerprint density at radius 2 is 2.18 bits per heavy atom. The quantitative estimate of drug-likeness (QED) is 0.677. The minimum atomic E-state index is 0.150. The van der Waals surface area contributed by atoms with Gasteiger partial charge < -0.3 is 9.80 Å². The Kier molecular flexibility index (Phi) is 2.40. The molecule has 1 spiro atoms. The molecule has 0 aromatic carbocycles. The van der Waals surface area contributed by atoms with Gasteiger partial charge in [-0.3, -0.25) is 9.78 Å². The Hall–Kier alpha value is -1.42. The Bertz CT molecular complexity index is 438. The summed E-state index contributed by atoms with van der Waals surface area (Å²) in [6.07, 6.45) is 6.90. The van der Waals surface area contributed by atoms with Gasteiger partial charge in [-0.1, -0.05) is 0 Å². The fourth-order valence-electron chi connectivity index (χ4n) is 3.11. The molecule has 4 heteroatoms. The minimum absolute atomic E-state index is 0.150. The number of carbonyl (C=O) groups is 1. The molecule has 0 radical (unpaired) electrons. The zero-order chi connectivity index (χ0) is 11.9. The summed E-state index contributed by atoms with van der Waals surface area (Å²) < 4.78 is 0. The summed E-state index contributed by atoms with van der Waals surface area (Å²) in [5.74, 6) is 0. The van der Waals surface area contributed by atoms with E-state index < -0.39 is 0 Å². The molecule has 17 heavy (non-hydrogen) atoms. The molecule has 0 N–H and O–H groups in total. The molecule has 0 saturated carbocycles. The molecular formula is C13H17N3O. The topological polar surface area (TPSA) is 36.4 Å². The summed E-state index contributed by atoms with van der Waals surface area (Å²) in [4.78, 5) is 19.6. The number of aromatic nitrogens is 1. The van der Waals surface area contributed by atoms with Gasteiger partial charge in [0.05, 0.1) is 5.69 Å². The Balaban J connectivity index is 2.01. The van der Waals surface area contributed by atoms with Crippen LogP contribution in [0.1, 0.15) is 18.4 Å². The van der Waals surface area contributed by atoms with E-state index >= 15 is 0 Å². The predicted molar refractivity (Wildman–Crippen MR) is 66.1 cm³/mol. The number of anilines is 1. The first kappa shape index (κ1) is 10.7. The van der Waals surface area contributed by atoms with E-state index in [2.05, 4.69) is 16.9 Å². The van der Waals surface area contributed by atoms with Crippen molar-refractivity contribution in [2.24, 2.45) is 0 Å². The summed E-state index contributed by atoms with van der Waals surface area (Å²) in [6, 6.07) is 1.96. The number of rotatable bonds is 1. The third-order valence-electron chi connectivity index (χ3n) is 4.22. The van der Waals surface area contributed by atoms with E-state index in [4.69, 9.17) is 0 Å². The minimum Gasteiger partial charge on any atom is -0.314 e. The maximum Gasteiger partial charge on any atom is 0.214 e. The van der Waals surface area contributed by atoms with Gasteiger partial charge in [0.25, 0.3) is 0 Å². The van der Waals surface area contributed by atoms with E-state index in [9.17, 15) is 4.79 Å². The van der Waals surface area contributed by atoms with Gasteiger partial charge in [0.1, 0.15) is 0 Å². The van der Waals surface area contributed by atoms with Crippen LogP contribution in [-0.4, -0.2) is 43.0 Å². The number of fused-ring (bicyclic) bond motifs is 2. The second kappa shape index (κ2) is 3.81. The van der Waals surface area contributed by atoms with Crippen LogP contribution >= 0.6 is 0 Å². The van der Waals surface area contributed by atoms with Gasteiger partial charge in [0.15, 0.2) is 0 Å². The molecule has 1 saturated heterocycles. The third-order valence-corrected chi connectivity index (χ3v) is 4.22. The van der Waals surface area contributed by atoms with Crippen LogP contribution in [0.5, 0.6) is 0 Å². The third kappa shape index (κ3) is 1.55. The normalized spacial score (nSPS) is 22.8. The lowest BCUT2D eigenvalue weighted by Crippen LogP contribution is -2.43. The molecule has 0 unspecified atom stereocenters. The number of nitrogens with zero attached hydrogens (tertiary/aromatic N) is 3. The number of hydrogen-bond acceptors (Lipinski definition) is 3. The smallest absolute Gasteiger partial charge is 0.214 e. The van der Waals surface area contributed by atoms with Gasteiger partial charge in [-0.15, -0.1) is 0 Å². The van der Waals surface area contributed by atoms with Crippen LogP contribution in [0.3, 0.4) is 0 Å². The molecule has 2 aliphatic rings. The molecule has 3 heterocycles. The van der Waals surface area contributed by atoms with E-state index in [-0.39, 0.29) is 5.41 Å². The van der Waals surface area contributed by atoms with Crippen LogP contribution in [0.4, 0.5) is 5.69 Å². The van der Waals surface area contributed by atoms with Crippen LogP contribution in [0.15, 0.2) is 18.5 Å². The van der Waals surface area contributed by atoms with Crippen molar-refractivity contribution in [3.8, 4) is 0 Å². The first-order valence-electron chi connectivity index (χ1n) is 6.10. The molecule has 0 atom stereocenters. The monoisotopic (exact) mass is 231 g/mol. The number of likely N-dealkylation sites (tertiary alicyclic amines) is 1. The summed E-state index contributed by atoms with van der Waals surface area (Å²) in [5.41, 5.74) is 2.47. The standard InChI is InChI=1S/C13H17N3O/c1-15-6-3-13(4-7-15)9-16(10-17)12-2-5-14-8-11(12)13/h2,5,8,10H,3-4,6-7,9H2,1H3. The van der Waals surface area contributed by atoms with Gasteiger partial charge in [0.2, 0.25) is 6.41 Å². The maximum atomic E-state index is 11.2. The van der Waals surface area contributed by atoms with Crippen molar-refractivity contribution in [1.29, 1.82) is 0 Å². The second-order valence-corrected chi connectivity index (χ2v) is 5.21. The Labute approximate surface area is 101 Å². The molecule has 1 amide bonds. The highest BCUT2D eigenvalue weighted by Crippen LogP contribution is 2.45. The van der Waals surface area contributed by atoms with Crippen molar-refractivity contribution in [1.82, 2.24) is 9.88 Å². The van der Waals surface area contributed by atoms with E-state index in [1.165, 1.54) is 5.56 Å².